The largest absolute Gasteiger partial charge is 0.462 e. The van der Waals surface area contributed by atoms with Gasteiger partial charge in [-0.25, -0.2) is 0 Å². The standard InChI is InChI=1S/C20H32O4S/c1-6-8-15(24-18(22)12-25)11-20(5,7-2)19(23)14(4)16-9-10-17(21)13(16)3/h7,14-15,19,23,25H,2,6,8-12H2,1,3-5H3/t14-,15+,19?,20-/m1/s1. The first-order chi connectivity index (χ1) is 11.7. The predicted molar refractivity (Wildman–Crippen MR) is 104 cm³/mol. The average Bonchev–Trinajstić information content (AvgIpc) is 2.92. The highest BCUT2D eigenvalue weighted by Gasteiger charge is 2.39. The van der Waals surface area contributed by atoms with Gasteiger partial charge in [0.2, 0.25) is 0 Å². The van der Waals surface area contributed by atoms with Crippen LogP contribution in [0.4, 0.5) is 0 Å². The molecule has 142 valence electrons. The van der Waals surface area contributed by atoms with Crippen molar-refractivity contribution in [3.8, 4) is 0 Å². The molecule has 5 heteroatoms. The maximum Gasteiger partial charge on any atom is 0.315 e. The summed E-state index contributed by atoms with van der Waals surface area (Å²) in [6.45, 7) is 11.7. The molecular formula is C20H32O4S. The first-order valence-corrected chi connectivity index (χ1v) is 9.68. The Morgan fingerprint density at radius 2 is 2.12 bits per heavy atom. The Bertz CT molecular complexity index is 540. The number of Topliss-reactive ketones (excluding diaryl/α,β-unsaturated/α-hetero) is 1. The molecule has 0 spiro atoms. The topological polar surface area (TPSA) is 63.6 Å². The van der Waals surface area contributed by atoms with E-state index >= 15 is 0 Å². The van der Waals surface area contributed by atoms with Gasteiger partial charge in [0.1, 0.15) is 6.10 Å². The zero-order chi connectivity index (χ0) is 19.2. The normalized spacial score (nSPS) is 20.8. The lowest BCUT2D eigenvalue weighted by Gasteiger charge is -2.38. The van der Waals surface area contributed by atoms with E-state index in [0.29, 0.717) is 19.3 Å². The van der Waals surface area contributed by atoms with Crippen molar-refractivity contribution in [2.75, 3.05) is 5.75 Å². The molecule has 0 bridgehead atoms. The van der Waals surface area contributed by atoms with Crippen LogP contribution in [0.5, 0.6) is 0 Å². The van der Waals surface area contributed by atoms with Crippen LogP contribution < -0.4 is 0 Å². The van der Waals surface area contributed by atoms with Crippen LogP contribution in [0.2, 0.25) is 0 Å². The molecule has 25 heavy (non-hydrogen) atoms. The number of hydrogen-bond acceptors (Lipinski definition) is 5. The molecule has 0 aromatic carbocycles. The molecule has 0 heterocycles. The van der Waals surface area contributed by atoms with Crippen molar-refractivity contribution in [1.29, 1.82) is 0 Å². The van der Waals surface area contributed by atoms with E-state index in [1.807, 2.05) is 27.7 Å². The van der Waals surface area contributed by atoms with E-state index in [0.717, 1.165) is 24.0 Å². The van der Waals surface area contributed by atoms with E-state index in [-0.39, 0.29) is 29.5 Å². The molecule has 0 aromatic rings. The molecule has 0 amide bonds. The second kappa shape index (κ2) is 9.58. The van der Waals surface area contributed by atoms with Gasteiger partial charge in [0, 0.05) is 17.8 Å². The number of carbonyl (C=O) groups excluding carboxylic acids is 2. The van der Waals surface area contributed by atoms with Crippen LogP contribution in [0.15, 0.2) is 23.8 Å². The highest BCUT2D eigenvalue weighted by molar-refractivity contribution is 7.81. The quantitative estimate of drug-likeness (QED) is 0.349. The lowest BCUT2D eigenvalue weighted by Crippen LogP contribution is -2.40. The molecule has 0 aromatic heterocycles. The van der Waals surface area contributed by atoms with Gasteiger partial charge in [-0.05, 0) is 31.8 Å². The third-order valence-electron chi connectivity index (χ3n) is 5.39. The van der Waals surface area contributed by atoms with Gasteiger partial charge >= 0.3 is 5.97 Å². The SMILES string of the molecule is C=C[C@](C)(C[C@H](CCC)OC(=O)CS)C(O)[C@H](C)C1=C(C)C(=O)CC1. The third-order valence-corrected chi connectivity index (χ3v) is 5.65. The molecule has 0 fully saturated rings. The van der Waals surface area contributed by atoms with Crippen LogP contribution in [-0.2, 0) is 14.3 Å². The zero-order valence-corrected chi connectivity index (χ0v) is 16.8. The summed E-state index contributed by atoms with van der Waals surface area (Å²) in [5, 5.41) is 11.0. The van der Waals surface area contributed by atoms with E-state index in [1.165, 1.54) is 0 Å². The van der Waals surface area contributed by atoms with Gasteiger partial charge in [0.25, 0.3) is 0 Å². The molecule has 4 atom stereocenters. The summed E-state index contributed by atoms with van der Waals surface area (Å²) in [6, 6.07) is 0. The molecule has 0 aliphatic heterocycles. The van der Waals surface area contributed by atoms with Gasteiger partial charge in [-0.3, -0.25) is 9.59 Å². The van der Waals surface area contributed by atoms with Crippen molar-refractivity contribution >= 4 is 24.4 Å². The number of allylic oxidation sites excluding steroid dienone is 1. The monoisotopic (exact) mass is 368 g/mol. The number of thiol groups is 1. The van der Waals surface area contributed by atoms with E-state index < -0.39 is 11.5 Å². The minimum Gasteiger partial charge on any atom is -0.462 e. The Hall–Kier alpha value is -1.07. The van der Waals surface area contributed by atoms with Gasteiger partial charge in [0.05, 0.1) is 11.9 Å². The lowest BCUT2D eigenvalue weighted by molar-refractivity contribution is -0.148. The number of carbonyl (C=O) groups is 2. The number of rotatable bonds is 10. The number of ether oxygens (including phenoxy) is 1. The summed E-state index contributed by atoms with van der Waals surface area (Å²) < 4.78 is 5.49. The number of esters is 1. The fraction of sp³-hybridized carbons (Fsp3) is 0.700. The molecule has 4 nitrogen and oxygen atoms in total. The molecule has 0 saturated heterocycles. The molecule has 1 unspecified atom stereocenters. The smallest absolute Gasteiger partial charge is 0.315 e. The second-order valence-corrected chi connectivity index (χ2v) is 7.60. The minimum atomic E-state index is -0.699. The highest BCUT2D eigenvalue weighted by Crippen LogP contribution is 2.40. The second-order valence-electron chi connectivity index (χ2n) is 7.28. The first kappa shape index (κ1) is 22.0. The van der Waals surface area contributed by atoms with E-state index in [1.54, 1.807) is 6.08 Å². The lowest BCUT2D eigenvalue weighted by atomic mass is 9.72. The summed E-state index contributed by atoms with van der Waals surface area (Å²) in [6.07, 6.45) is 4.11. The highest BCUT2D eigenvalue weighted by atomic mass is 32.1. The Morgan fingerprint density at radius 1 is 1.48 bits per heavy atom. The predicted octanol–water partition coefficient (Wildman–Crippen LogP) is 3.89. The average molecular weight is 369 g/mol. The number of aliphatic hydroxyl groups is 1. The van der Waals surface area contributed by atoms with Crippen LogP contribution in [-0.4, -0.2) is 34.8 Å². The zero-order valence-electron chi connectivity index (χ0n) is 15.9. The van der Waals surface area contributed by atoms with Crippen LogP contribution in [0.3, 0.4) is 0 Å². The van der Waals surface area contributed by atoms with Crippen LogP contribution >= 0.6 is 12.6 Å². The summed E-state index contributed by atoms with van der Waals surface area (Å²) >= 11 is 3.96. The van der Waals surface area contributed by atoms with Crippen molar-refractivity contribution in [1.82, 2.24) is 0 Å². The molecule has 0 saturated carbocycles. The Kier molecular flexibility index (Phi) is 8.42. The Balaban J connectivity index is 2.96. The van der Waals surface area contributed by atoms with Gasteiger partial charge in [0.15, 0.2) is 5.78 Å². The van der Waals surface area contributed by atoms with Crippen LogP contribution in [0.1, 0.15) is 59.8 Å². The maximum absolute atomic E-state index is 11.8. The molecule has 1 rings (SSSR count). The van der Waals surface area contributed by atoms with Crippen molar-refractivity contribution in [3.05, 3.63) is 23.8 Å². The molecule has 1 aliphatic carbocycles. The molecular weight excluding hydrogens is 336 g/mol. The first-order valence-electron chi connectivity index (χ1n) is 9.05. The summed E-state index contributed by atoms with van der Waals surface area (Å²) in [5.41, 5.74) is 1.20. The van der Waals surface area contributed by atoms with Crippen LogP contribution in [0.25, 0.3) is 0 Å². The Labute approximate surface area is 157 Å². The fourth-order valence-electron chi connectivity index (χ4n) is 3.70. The number of hydrogen-bond donors (Lipinski definition) is 2. The van der Waals surface area contributed by atoms with Gasteiger partial charge < -0.3 is 9.84 Å². The van der Waals surface area contributed by atoms with E-state index in [4.69, 9.17) is 4.74 Å². The van der Waals surface area contributed by atoms with Crippen molar-refractivity contribution in [2.45, 2.75) is 72.0 Å². The summed E-state index contributed by atoms with van der Waals surface area (Å²) in [4.78, 5) is 23.5. The summed E-state index contributed by atoms with van der Waals surface area (Å²) in [7, 11) is 0. The van der Waals surface area contributed by atoms with Gasteiger partial charge in [-0.1, -0.05) is 38.8 Å². The molecule has 1 aliphatic rings. The number of aliphatic hydroxyl groups excluding tert-OH is 1. The molecule has 0 radical (unpaired) electrons. The maximum atomic E-state index is 11.8. The fourth-order valence-corrected chi connectivity index (χ4v) is 3.77. The molecule has 1 N–H and O–H groups in total. The van der Waals surface area contributed by atoms with Crippen molar-refractivity contribution < 1.29 is 19.4 Å². The van der Waals surface area contributed by atoms with Gasteiger partial charge in [-0.15, -0.1) is 6.58 Å². The Morgan fingerprint density at radius 3 is 2.56 bits per heavy atom. The van der Waals surface area contributed by atoms with Crippen LogP contribution in [0, 0.1) is 11.3 Å². The van der Waals surface area contributed by atoms with E-state index in [9.17, 15) is 14.7 Å². The summed E-state index contributed by atoms with van der Waals surface area (Å²) in [5.74, 6) is -0.285. The number of ketones is 1. The van der Waals surface area contributed by atoms with Gasteiger partial charge in [-0.2, -0.15) is 12.6 Å². The minimum absolute atomic E-state index is 0.0398. The van der Waals surface area contributed by atoms with Crippen molar-refractivity contribution in [2.24, 2.45) is 11.3 Å². The van der Waals surface area contributed by atoms with E-state index in [2.05, 4.69) is 19.2 Å². The van der Waals surface area contributed by atoms with Crippen molar-refractivity contribution in [3.63, 3.8) is 0 Å². The third kappa shape index (κ3) is 5.45.